The topological polar surface area (TPSA) is 38.3 Å². The zero-order chi connectivity index (χ0) is 21.7. The minimum Gasteiger partial charge on any atom is -0.494 e. The number of ether oxygens (including phenoxy) is 1. The van der Waals surface area contributed by atoms with Gasteiger partial charge in [0.05, 0.1) is 6.61 Å². The van der Waals surface area contributed by atoms with Crippen molar-refractivity contribution in [2.75, 3.05) is 6.61 Å². The summed E-state index contributed by atoms with van der Waals surface area (Å²) >= 11 is 0. The molecule has 1 N–H and O–H groups in total. The van der Waals surface area contributed by atoms with E-state index in [9.17, 15) is 4.79 Å². The van der Waals surface area contributed by atoms with Gasteiger partial charge < -0.3 is 10.1 Å². The third-order valence-corrected chi connectivity index (χ3v) is 5.54. The standard InChI is InChI=1S/C27H31NO2/c1-6-13-30-25-11-12-26(21(5)15-25)27(29)28-17-24-16-23(10-8-19(24)3)22-9-7-18(2)20(4)14-22/h7-12,14-16H,6,13,17H2,1-5H3,(H,28,29). The summed E-state index contributed by atoms with van der Waals surface area (Å²) in [5.74, 6) is 0.744. The molecule has 1 amide bonds. The molecular weight excluding hydrogens is 370 g/mol. The van der Waals surface area contributed by atoms with Crippen LogP contribution in [0.15, 0.2) is 54.6 Å². The third-order valence-electron chi connectivity index (χ3n) is 5.54. The first-order valence-electron chi connectivity index (χ1n) is 10.6. The highest BCUT2D eigenvalue weighted by molar-refractivity contribution is 5.95. The van der Waals surface area contributed by atoms with E-state index in [2.05, 4.69) is 69.4 Å². The molecule has 0 aromatic heterocycles. The van der Waals surface area contributed by atoms with Crippen molar-refractivity contribution in [3.8, 4) is 16.9 Å². The van der Waals surface area contributed by atoms with Crippen molar-refractivity contribution in [3.63, 3.8) is 0 Å². The fraction of sp³-hybridized carbons (Fsp3) is 0.296. The van der Waals surface area contributed by atoms with E-state index in [1.54, 1.807) is 0 Å². The van der Waals surface area contributed by atoms with Crippen LogP contribution in [0.5, 0.6) is 5.75 Å². The quantitative estimate of drug-likeness (QED) is 0.504. The fourth-order valence-electron chi connectivity index (χ4n) is 3.43. The average molecular weight is 402 g/mol. The number of carbonyl (C=O) groups excluding carboxylic acids is 1. The predicted octanol–water partition coefficient (Wildman–Crippen LogP) is 6.31. The summed E-state index contributed by atoms with van der Waals surface area (Å²) in [6.07, 6.45) is 0.960. The van der Waals surface area contributed by atoms with E-state index < -0.39 is 0 Å². The van der Waals surface area contributed by atoms with Crippen molar-refractivity contribution < 1.29 is 9.53 Å². The van der Waals surface area contributed by atoms with Gasteiger partial charge >= 0.3 is 0 Å². The molecule has 30 heavy (non-hydrogen) atoms. The van der Waals surface area contributed by atoms with E-state index in [-0.39, 0.29) is 5.91 Å². The number of benzene rings is 3. The summed E-state index contributed by atoms with van der Waals surface area (Å²) in [7, 11) is 0. The smallest absolute Gasteiger partial charge is 0.251 e. The highest BCUT2D eigenvalue weighted by atomic mass is 16.5. The summed E-state index contributed by atoms with van der Waals surface area (Å²) in [5, 5.41) is 3.08. The molecule has 0 fully saturated rings. The molecule has 0 saturated heterocycles. The molecule has 0 radical (unpaired) electrons. The van der Waals surface area contributed by atoms with Gasteiger partial charge in [0.1, 0.15) is 5.75 Å². The lowest BCUT2D eigenvalue weighted by atomic mass is 9.97. The maximum atomic E-state index is 12.8. The number of hydrogen-bond acceptors (Lipinski definition) is 2. The second-order valence-corrected chi connectivity index (χ2v) is 7.95. The Bertz CT molecular complexity index is 1050. The van der Waals surface area contributed by atoms with E-state index in [0.717, 1.165) is 23.3 Å². The van der Waals surface area contributed by atoms with Gasteiger partial charge in [-0.05, 0) is 97.3 Å². The Balaban J connectivity index is 1.73. The molecule has 3 aromatic carbocycles. The zero-order valence-electron chi connectivity index (χ0n) is 18.6. The van der Waals surface area contributed by atoms with E-state index in [1.165, 1.54) is 27.8 Å². The van der Waals surface area contributed by atoms with Crippen LogP contribution >= 0.6 is 0 Å². The summed E-state index contributed by atoms with van der Waals surface area (Å²) in [6, 6.07) is 18.6. The highest BCUT2D eigenvalue weighted by Gasteiger charge is 2.11. The van der Waals surface area contributed by atoms with E-state index in [4.69, 9.17) is 4.74 Å². The van der Waals surface area contributed by atoms with Crippen LogP contribution < -0.4 is 10.1 Å². The van der Waals surface area contributed by atoms with Crippen molar-refractivity contribution in [1.82, 2.24) is 5.32 Å². The Hall–Kier alpha value is -3.07. The van der Waals surface area contributed by atoms with E-state index >= 15 is 0 Å². The summed E-state index contributed by atoms with van der Waals surface area (Å²) in [6.45, 7) is 11.5. The normalized spacial score (nSPS) is 10.7. The molecule has 0 unspecified atom stereocenters. The number of amides is 1. The minimum absolute atomic E-state index is 0.0643. The Morgan fingerprint density at radius 2 is 1.50 bits per heavy atom. The zero-order valence-corrected chi connectivity index (χ0v) is 18.6. The molecule has 3 aromatic rings. The Kier molecular flexibility index (Phi) is 6.94. The molecule has 0 atom stereocenters. The van der Waals surface area contributed by atoms with Crippen LogP contribution in [0.3, 0.4) is 0 Å². The lowest BCUT2D eigenvalue weighted by molar-refractivity contribution is 0.0950. The molecule has 0 aliphatic heterocycles. The van der Waals surface area contributed by atoms with Crippen LogP contribution in [-0.2, 0) is 6.54 Å². The first-order valence-corrected chi connectivity index (χ1v) is 10.6. The Labute approximate surface area is 180 Å². The van der Waals surface area contributed by atoms with Crippen molar-refractivity contribution in [2.24, 2.45) is 0 Å². The summed E-state index contributed by atoms with van der Waals surface area (Å²) in [5.41, 5.74) is 8.83. The molecule has 3 nitrogen and oxygen atoms in total. The maximum absolute atomic E-state index is 12.8. The van der Waals surface area contributed by atoms with Gasteiger partial charge in [0, 0.05) is 12.1 Å². The average Bonchev–Trinajstić information content (AvgIpc) is 2.73. The number of nitrogens with one attached hydrogen (secondary N) is 1. The first kappa shape index (κ1) is 21.6. The maximum Gasteiger partial charge on any atom is 0.251 e. The molecule has 0 spiro atoms. The molecule has 0 aliphatic carbocycles. The van der Waals surface area contributed by atoms with E-state index in [1.807, 2.05) is 25.1 Å². The monoisotopic (exact) mass is 401 g/mol. The fourth-order valence-corrected chi connectivity index (χ4v) is 3.43. The van der Waals surface area contributed by atoms with Gasteiger partial charge in [-0.3, -0.25) is 4.79 Å². The van der Waals surface area contributed by atoms with Crippen LogP contribution in [0, 0.1) is 27.7 Å². The van der Waals surface area contributed by atoms with Crippen LogP contribution in [-0.4, -0.2) is 12.5 Å². The second-order valence-electron chi connectivity index (χ2n) is 7.95. The number of aryl methyl sites for hydroxylation is 4. The molecule has 0 heterocycles. The van der Waals surface area contributed by atoms with Crippen molar-refractivity contribution in [3.05, 3.63) is 88.0 Å². The largest absolute Gasteiger partial charge is 0.494 e. The lowest BCUT2D eigenvalue weighted by Gasteiger charge is -2.13. The second kappa shape index (κ2) is 9.62. The summed E-state index contributed by atoms with van der Waals surface area (Å²) in [4.78, 5) is 12.8. The van der Waals surface area contributed by atoms with Crippen LogP contribution in [0.25, 0.3) is 11.1 Å². The molecule has 0 bridgehead atoms. The van der Waals surface area contributed by atoms with Gasteiger partial charge in [-0.1, -0.05) is 37.3 Å². The van der Waals surface area contributed by atoms with Gasteiger partial charge in [0.25, 0.3) is 5.91 Å². The molecule has 0 saturated carbocycles. The Morgan fingerprint density at radius 3 is 2.17 bits per heavy atom. The van der Waals surface area contributed by atoms with Gasteiger partial charge in [-0.25, -0.2) is 0 Å². The van der Waals surface area contributed by atoms with Crippen molar-refractivity contribution in [1.29, 1.82) is 0 Å². The van der Waals surface area contributed by atoms with Gasteiger partial charge in [-0.15, -0.1) is 0 Å². The molecule has 3 rings (SSSR count). The van der Waals surface area contributed by atoms with Crippen molar-refractivity contribution in [2.45, 2.75) is 47.6 Å². The number of rotatable bonds is 7. The highest BCUT2D eigenvalue weighted by Crippen LogP contribution is 2.25. The molecule has 3 heteroatoms. The van der Waals surface area contributed by atoms with Gasteiger partial charge in [-0.2, -0.15) is 0 Å². The lowest BCUT2D eigenvalue weighted by Crippen LogP contribution is -2.24. The number of carbonyl (C=O) groups is 1. The number of hydrogen-bond donors (Lipinski definition) is 1. The van der Waals surface area contributed by atoms with Gasteiger partial charge in [0.2, 0.25) is 0 Å². The SMILES string of the molecule is CCCOc1ccc(C(=O)NCc2cc(-c3ccc(C)c(C)c3)ccc2C)c(C)c1. The van der Waals surface area contributed by atoms with Crippen LogP contribution in [0.1, 0.15) is 51.5 Å². The van der Waals surface area contributed by atoms with Crippen LogP contribution in [0.4, 0.5) is 0 Å². The van der Waals surface area contributed by atoms with E-state index in [0.29, 0.717) is 18.7 Å². The predicted molar refractivity (Wildman–Crippen MR) is 124 cm³/mol. The minimum atomic E-state index is -0.0643. The van der Waals surface area contributed by atoms with Crippen molar-refractivity contribution >= 4 is 5.91 Å². The molecule has 156 valence electrons. The van der Waals surface area contributed by atoms with Gasteiger partial charge in [0.15, 0.2) is 0 Å². The Morgan fingerprint density at radius 1 is 0.800 bits per heavy atom. The summed E-state index contributed by atoms with van der Waals surface area (Å²) < 4.78 is 5.65. The third kappa shape index (κ3) is 5.10. The molecule has 0 aliphatic rings. The first-order chi connectivity index (χ1) is 14.4. The molecular formula is C27H31NO2. The van der Waals surface area contributed by atoms with Crippen LogP contribution in [0.2, 0.25) is 0 Å².